The van der Waals surface area contributed by atoms with Crippen molar-refractivity contribution in [2.24, 2.45) is 0 Å². The standard InChI is InChI=1S/C8H8N4O2/c1-14-7-3-5(2-6(13)4-7)8-9-11-12-10-8/h2-4,13H,1H3,(H,9,10,11,12). The van der Waals surface area contributed by atoms with Gasteiger partial charge in [0, 0.05) is 11.6 Å². The first-order valence-corrected chi connectivity index (χ1v) is 3.91. The van der Waals surface area contributed by atoms with E-state index >= 15 is 0 Å². The van der Waals surface area contributed by atoms with Crippen molar-refractivity contribution >= 4 is 0 Å². The summed E-state index contributed by atoms with van der Waals surface area (Å²) in [7, 11) is 1.52. The molecule has 0 saturated carbocycles. The molecule has 0 atom stereocenters. The van der Waals surface area contributed by atoms with E-state index in [1.165, 1.54) is 19.2 Å². The van der Waals surface area contributed by atoms with Crippen LogP contribution in [0.2, 0.25) is 0 Å². The van der Waals surface area contributed by atoms with Crippen molar-refractivity contribution in [3.63, 3.8) is 0 Å². The van der Waals surface area contributed by atoms with E-state index in [-0.39, 0.29) is 5.75 Å². The number of ether oxygens (including phenoxy) is 1. The molecule has 0 amide bonds. The molecule has 0 unspecified atom stereocenters. The Labute approximate surface area is 79.5 Å². The Morgan fingerprint density at radius 1 is 1.36 bits per heavy atom. The molecule has 72 valence electrons. The summed E-state index contributed by atoms with van der Waals surface area (Å²) in [6.07, 6.45) is 0. The number of aromatic amines is 1. The van der Waals surface area contributed by atoms with Gasteiger partial charge in [0.15, 0.2) is 0 Å². The Bertz CT molecular complexity index is 427. The van der Waals surface area contributed by atoms with Crippen molar-refractivity contribution in [2.75, 3.05) is 7.11 Å². The van der Waals surface area contributed by atoms with Crippen LogP contribution in [0.25, 0.3) is 11.4 Å². The normalized spacial score (nSPS) is 10.1. The highest BCUT2D eigenvalue weighted by Crippen LogP contribution is 2.26. The maximum Gasteiger partial charge on any atom is 0.204 e. The molecule has 0 fully saturated rings. The number of tetrazole rings is 1. The lowest BCUT2D eigenvalue weighted by Crippen LogP contribution is -1.86. The maximum atomic E-state index is 9.36. The molecule has 6 nitrogen and oxygen atoms in total. The lowest BCUT2D eigenvalue weighted by molar-refractivity contribution is 0.408. The van der Waals surface area contributed by atoms with E-state index in [4.69, 9.17) is 4.74 Å². The number of methoxy groups -OCH3 is 1. The highest BCUT2D eigenvalue weighted by molar-refractivity contribution is 5.59. The molecule has 0 bridgehead atoms. The third-order valence-electron chi connectivity index (χ3n) is 1.73. The predicted molar refractivity (Wildman–Crippen MR) is 47.8 cm³/mol. The number of phenols is 1. The minimum atomic E-state index is 0.101. The topological polar surface area (TPSA) is 83.9 Å². The highest BCUT2D eigenvalue weighted by atomic mass is 16.5. The molecule has 0 aliphatic rings. The van der Waals surface area contributed by atoms with Crippen LogP contribution in [0.5, 0.6) is 11.5 Å². The molecule has 0 saturated heterocycles. The van der Waals surface area contributed by atoms with Crippen LogP contribution in [0.3, 0.4) is 0 Å². The lowest BCUT2D eigenvalue weighted by Gasteiger charge is -2.02. The van der Waals surface area contributed by atoms with Gasteiger partial charge in [-0.1, -0.05) is 0 Å². The number of phenolic OH excluding ortho intramolecular Hbond substituents is 1. The fraction of sp³-hybridized carbons (Fsp3) is 0.125. The SMILES string of the molecule is COc1cc(O)cc(-c2nn[nH]n2)c1. The number of benzene rings is 1. The van der Waals surface area contributed by atoms with E-state index in [9.17, 15) is 5.11 Å². The zero-order valence-corrected chi connectivity index (χ0v) is 7.43. The van der Waals surface area contributed by atoms with E-state index < -0.39 is 0 Å². The van der Waals surface area contributed by atoms with Crippen LogP contribution in [-0.2, 0) is 0 Å². The first kappa shape index (κ1) is 8.49. The molecular weight excluding hydrogens is 184 g/mol. The van der Waals surface area contributed by atoms with Crippen molar-refractivity contribution in [1.29, 1.82) is 0 Å². The average molecular weight is 192 g/mol. The summed E-state index contributed by atoms with van der Waals surface area (Å²) >= 11 is 0. The molecule has 6 heteroatoms. The van der Waals surface area contributed by atoms with E-state index in [1.807, 2.05) is 0 Å². The fourth-order valence-electron chi connectivity index (χ4n) is 1.11. The van der Waals surface area contributed by atoms with Crippen molar-refractivity contribution in [1.82, 2.24) is 20.6 Å². The molecule has 1 aromatic heterocycles. The number of rotatable bonds is 2. The predicted octanol–water partition coefficient (Wildman–Crippen LogP) is 0.581. The van der Waals surface area contributed by atoms with Gasteiger partial charge in [-0.3, -0.25) is 0 Å². The van der Waals surface area contributed by atoms with Gasteiger partial charge in [0.25, 0.3) is 0 Å². The molecule has 0 spiro atoms. The molecule has 0 aliphatic carbocycles. The number of hydrogen-bond donors (Lipinski definition) is 2. The Kier molecular flexibility index (Phi) is 2.02. The van der Waals surface area contributed by atoms with E-state index in [0.29, 0.717) is 17.1 Å². The summed E-state index contributed by atoms with van der Waals surface area (Å²) in [5.74, 6) is 1.06. The maximum absolute atomic E-state index is 9.36. The number of aromatic nitrogens is 4. The summed E-state index contributed by atoms with van der Waals surface area (Å²) in [5, 5.41) is 22.7. The number of hydrogen-bond acceptors (Lipinski definition) is 5. The van der Waals surface area contributed by atoms with Crippen LogP contribution in [0, 0.1) is 0 Å². The second-order valence-corrected chi connectivity index (χ2v) is 2.66. The monoisotopic (exact) mass is 192 g/mol. The van der Waals surface area contributed by atoms with Crippen molar-refractivity contribution < 1.29 is 9.84 Å². The van der Waals surface area contributed by atoms with E-state index in [1.54, 1.807) is 6.07 Å². The quantitative estimate of drug-likeness (QED) is 0.727. The van der Waals surface area contributed by atoms with Gasteiger partial charge in [-0.2, -0.15) is 5.21 Å². The molecule has 2 N–H and O–H groups in total. The van der Waals surface area contributed by atoms with Gasteiger partial charge in [0.2, 0.25) is 5.82 Å². The molecule has 14 heavy (non-hydrogen) atoms. The number of aromatic hydroxyl groups is 1. The zero-order chi connectivity index (χ0) is 9.97. The molecule has 1 aromatic carbocycles. The van der Waals surface area contributed by atoms with E-state index in [2.05, 4.69) is 20.6 Å². The third-order valence-corrected chi connectivity index (χ3v) is 1.73. The number of H-pyrrole nitrogens is 1. The lowest BCUT2D eigenvalue weighted by atomic mass is 10.2. The molecule has 1 heterocycles. The largest absolute Gasteiger partial charge is 0.508 e. The van der Waals surface area contributed by atoms with Crippen LogP contribution in [0.1, 0.15) is 0 Å². The van der Waals surface area contributed by atoms with Crippen LogP contribution in [0.4, 0.5) is 0 Å². The van der Waals surface area contributed by atoms with Gasteiger partial charge in [-0.05, 0) is 17.3 Å². The second kappa shape index (κ2) is 3.33. The van der Waals surface area contributed by atoms with Crippen LogP contribution < -0.4 is 4.74 Å². The number of nitrogens with one attached hydrogen (secondary N) is 1. The highest BCUT2D eigenvalue weighted by Gasteiger charge is 2.06. The Morgan fingerprint density at radius 3 is 2.86 bits per heavy atom. The summed E-state index contributed by atoms with van der Waals surface area (Å²) in [5.41, 5.74) is 0.649. The molecule has 0 aliphatic heterocycles. The fourth-order valence-corrected chi connectivity index (χ4v) is 1.11. The molecule has 2 aromatic rings. The second-order valence-electron chi connectivity index (χ2n) is 2.66. The van der Waals surface area contributed by atoms with Crippen LogP contribution >= 0.6 is 0 Å². The smallest absolute Gasteiger partial charge is 0.204 e. The van der Waals surface area contributed by atoms with Crippen molar-refractivity contribution in [3.8, 4) is 22.9 Å². The van der Waals surface area contributed by atoms with Crippen LogP contribution in [-0.4, -0.2) is 32.8 Å². The van der Waals surface area contributed by atoms with E-state index in [0.717, 1.165) is 0 Å². The summed E-state index contributed by atoms with van der Waals surface area (Å²) in [4.78, 5) is 0. The van der Waals surface area contributed by atoms with Crippen molar-refractivity contribution in [2.45, 2.75) is 0 Å². The molecule has 0 radical (unpaired) electrons. The van der Waals surface area contributed by atoms with Crippen LogP contribution in [0.15, 0.2) is 18.2 Å². The van der Waals surface area contributed by atoms with Gasteiger partial charge < -0.3 is 9.84 Å². The summed E-state index contributed by atoms with van der Waals surface area (Å²) in [6.45, 7) is 0. The molecule has 2 rings (SSSR count). The Morgan fingerprint density at radius 2 is 2.21 bits per heavy atom. The van der Waals surface area contributed by atoms with Gasteiger partial charge in [0.1, 0.15) is 11.5 Å². The summed E-state index contributed by atoms with van der Waals surface area (Å²) < 4.78 is 4.99. The third kappa shape index (κ3) is 1.49. The minimum absolute atomic E-state index is 0.101. The Balaban J connectivity index is 2.48. The Hall–Kier alpha value is -2.11. The molecular formula is C8H8N4O2. The van der Waals surface area contributed by atoms with Crippen molar-refractivity contribution in [3.05, 3.63) is 18.2 Å². The number of nitrogens with zero attached hydrogens (tertiary/aromatic N) is 3. The minimum Gasteiger partial charge on any atom is -0.508 e. The van der Waals surface area contributed by atoms with Gasteiger partial charge in [-0.25, -0.2) is 0 Å². The first-order chi connectivity index (χ1) is 6.79. The zero-order valence-electron chi connectivity index (χ0n) is 7.43. The van der Waals surface area contributed by atoms with Gasteiger partial charge in [0.05, 0.1) is 7.11 Å². The first-order valence-electron chi connectivity index (χ1n) is 3.91. The summed E-state index contributed by atoms with van der Waals surface area (Å²) in [6, 6.07) is 4.75. The van der Waals surface area contributed by atoms with Gasteiger partial charge in [-0.15, -0.1) is 10.2 Å². The van der Waals surface area contributed by atoms with Gasteiger partial charge >= 0.3 is 0 Å². The average Bonchev–Trinajstić information content (AvgIpc) is 2.69.